The number of carbonyl (C=O) groups excluding carboxylic acids is 2. The molecule has 4 rings (SSSR count). The van der Waals surface area contributed by atoms with Crippen LogP contribution in [0.3, 0.4) is 0 Å². The highest BCUT2D eigenvalue weighted by atomic mass is 35.5. The molecule has 3 aliphatic heterocycles. The minimum absolute atomic E-state index is 0.00306. The summed E-state index contributed by atoms with van der Waals surface area (Å²) < 4.78 is 49.3. The van der Waals surface area contributed by atoms with Crippen LogP contribution in [-0.4, -0.2) is 72.8 Å². The number of fused-ring (bicyclic) bond motifs is 1. The number of nitrogens with one attached hydrogen (secondary N) is 1. The second-order valence-electron chi connectivity index (χ2n) is 7.68. The second-order valence-corrected chi connectivity index (χ2v) is 8.09. The third kappa shape index (κ3) is 4.50. The van der Waals surface area contributed by atoms with Crippen LogP contribution < -0.4 is 5.32 Å². The standard InChI is InChI=1S/C19H21ClF3N3O4/c20-14-5-12(19(21,22)23)2-1-11(14)9-29-13-6-26(7-13)18(28)25-4-3-16-15(8-25)24-17(27)10-30-16/h1-2,5,13,15-16H,3-4,6-10H2,(H,24,27)/t15-,16?/m1/s1. The normalized spacial score (nSPS) is 24.9. The Morgan fingerprint density at radius 2 is 2.03 bits per heavy atom. The summed E-state index contributed by atoms with van der Waals surface area (Å²) in [7, 11) is 0. The molecule has 11 heteroatoms. The molecular formula is C19H21ClF3N3O4. The Kier molecular flexibility index (Phi) is 5.82. The van der Waals surface area contributed by atoms with E-state index in [-0.39, 0.29) is 48.4 Å². The van der Waals surface area contributed by atoms with E-state index in [1.54, 1.807) is 9.80 Å². The molecule has 3 fully saturated rings. The molecule has 3 aliphatic rings. The fourth-order valence-corrected chi connectivity index (χ4v) is 4.06. The van der Waals surface area contributed by atoms with Gasteiger partial charge < -0.3 is 24.6 Å². The number of benzene rings is 1. The lowest BCUT2D eigenvalue weighted by atomic mass is 10.0. The number of morpholine rings is 1. The van der Waals surface area contributed by atoms with E-state index in [9.17, 15) is 22.8 Å². The quantitative estimate of drug-likeness (QED) is 0.771. The lowest BCUT2D eigenvalue weighted by Gasteiger charge is -2.46. The Bertz CT molecular complexity index is 832. The van der Waals surface area contributed by atoms with Crippen molar-refractivity contribution in [2.45, 2.75) is 37.5 Å². The van der Waals surface area contributed by atoms with Crippen molar-refractivity contribution in [3.8, 4) is 0 Å². The molecule has 0 spiro atoms. The van der Waals surface area contributed by atoms with E-state index in [0.717, 1.165) is 12.1 Å². The number of carbonyl (C=O) groups is 2. The van der Waals surface area contributed by atoms with Gasteiger partial charge in [0.15, 0.2) is 0 Å². The molecule has 2 atom stereocenters. The first kappa shape index (κ1) is 21.2. The number of hydrogen-bond donors (Lipinski definition) is 1. The van der Waals surface area contributed by atoms with Crippen molar-refractivity contribution in [3.05, 3.63) is 34.3 Å². The van der Waals surface area contributed by atoms with Gasteiger partial charge in [-0.25, -0.2) is 4.79 Å². The first-order valence-electron chi connectivity index (χ1n) is 9.63. The Morgan fingerprint density at radius 3 is 2.73 bits per heavy atom. The van der Waals surface area contributed by atoms with Crippen LogP contribution in [0.25, 0.3) is 0 Å². The Labute approximate surface area is 176 Å². The third-order valence-electron chi connectivity index (χ3n) is 5.57. The van der Waals surface area contributed by atoms with E-state index in [0.29, 0.717) is 38.2 Å². The van der Waals surface area contributed by atoms with Gasteiger partial charge in [0.1, 0.15) is 6.61 Å². The molecule has 0 aromatic heterocycles. The number of hydrogen-bond acceptors (Lipinski definition) is 4. The van der Waals surface area contributed by atoms with E-state index >= 15 is 0 Å². The zero-order valence-corrected chi connectivity index (χ0v) is 16.7. The fourth-order valence-electron chi connectivity index (χ4n) is 3.82. The molecule has 1 aromatic rings. The van der Waals surface area contributed by atoms with Crippen molar-refractivity contribution in [3.63, 3.8) is 0 Å². The number of amides is 3. The molecule has 0 bridgehead atoms. The highest BCUT2D eigenvalue weighted by molar-refractivity contribution is 6.31. The van der Waals surface area contributed by atoms with Crippen LogP contribution in [0.1, 0.15) is 17.5 Å². The SMILES string of the molecule is O=C1COC2CCN(C(=O)N3CC(OCc4ccc(C(F)(F)F)cc4Cl)C3)C[C@H]2N1. The minimum Gasteiger partial charge on any atom is -0.370 e. The van der Waals surface area contributed by atoms with Crippen molar-refractivity contribution in [1.29, 1.82) is 0 Å². The lowest BCUT2D eigenvalue weighted by molar-refractivity contribution is -0.140. The molecule has 30 heavy (non-hydrogen) atoms. The Morgan fingerprint density at radius 1 is 1.27 bits per heavy atom. The predicted molar refractivity (Wildman–Crippen MR) is 99.9 cm³/mol. The van der Waals surface area contributed by atoms with E-state index in [2.05, 4.69) is 5.32 Å². The zero-order chi connectivity index (χ0) is 21.5. The van der Waals surface area contributed by atoms with E-state index in [1.807, 2.05) is 0 Å². The average Bonchev–Trinajstić information content (AvgIpc) is 2.66. The first-order chi connectivity index (χ1) is 14.2. The zero-order valence-electron chi connectivity index (χ0n) is 16.0. The van der Waals surface area contributed by atoms with Gasteiger partial charge in [0.05, 0.1) is 43.5 Å². The van der Waals surface area contributed by atoms with Crippen LogP contribution in [0.4, 0.5) is 18.0 Å². The van der Waals surface area contributed by atoms with Gasteiger partial charge in [0.25, 0.3) is 0 Å². The molecule has 164 valence electrons. The van der Waals surface area contributed by atoms with E-state index in [1.165, 1.54) is 6.07 Å². The van der Waals surface area contributed by atoms with Gasteiger partial charge >= 0.3 is 12.2 Å². The van der Waals surface area contributed by atoms with Crippen LogP contribution in [0.5, 0.6) is 0 Å². The van der Waals surface area contributed by atoms with Crippen LogP contribution in [0.15, 0.2) is 18.2 Å². The summed E-state index contributed by atoms with van der Waals surface area (Å²) in [5.74, 6) is -0.176. The summed E-state index contributed by atoms with van der Waals surface area (Å²) in [4.78, 5) is 27.5. The summed E-state index contributed by atoms with van der Waals surface area (Å²) in [5, 5.41) is 2.86. The summed E-state index contributed by atoms with van der Waals surface area (Å²) >= 11 is 5.94. The van der Waals surface area contributed by atoms with E-state index < -0.39 is 11.7 Å². The number of alkyl halides is 3. The number of nitrogens with zero attached hydrogens (tertiary/aromatic N) is 2. The maximum Gasteiger partial charge on any atom is 0.416 e. The number of halogens is 4. The molecule has 1 N–H and O–H groups in total. The van der Waals surface area contributed by atoms with E-state index in [4.69, 9.17) is 21.1 Å². The number of urea groups is 1. The van der Waals surface area contributed by atoms with Crippen molar-refractivity contribution < 1.29 is 32.2 Å². The van der Waals surface area contributed by atoms with Gasteiger partial charge in [0.2, 0.25) is 5.91 Å². The summed E-state index contributed by atoms with van der Waals surface area (Å²) in [6.07, 6.45) is -4.05. The first-order valence-corrected chi connectivity index (χ1v) is 10.0. The van der Waals surface area contributed by atoms with Crippen molar-refractivity contribution in [2.75, 3.05) is 32.8 Å². The number of likely N-dealkylation sites (tertiary alicyclic amines) is 2. The smallest absolute Gasteiger partial charge is 0.370 e. The monoisotopic (exact) mass is 447 g/mol. The maximum atomic E-state index is 12.7. The molecule has 0 radical (unpaired) electrons. The van der Waals surface area contributed by atoms with Crippen LogP contribution in [0.2, 0.25) is 5.02 Å². The molecule has 3 amide bonds. The summed E-state index contributed by atoms with van der Waals surface area (Å²) in [5.41, 5.74) is -0.343. The van der Waals surface area contributed by atoms with Gasteiger partial charge in [-0.1, -0.05) is 17.7 Å². The molecule has 7 nitrogen and oxygen atoms in total. The van der Waals surface area contributed by atoms with Gasteiger partial charge in [0, 0.05) is 18.1 Å². The van der Waals surface area contributed by atoms with Crippen molar-refractivity contribution in [1.82, 2.24) is 15.1 Å². The highest BCUT2D eigenvalue weighted by Crippen LogP contribution is 2.32. The largest absolute Gasteiger partial charge is 0.416 e. The molecule has 0 saturated carbocycles. The summed E-state index contributed by atoms with van der Waals surface area (Å²) in [6.45, 7) is 1.87. The molecule has 3 saturated heterocycles. The summed E-state index contributed by atoms with van der Waals surface area (Å²) in [6, 6.07) is 2.84. The maximum absolute atomic E-state index is 12.7. The van der Waals surface area contributed by atoms with Gasteiger partial charge in [-0.05, 0) is 24.1 Å². The predicted octanol–water partition coefficient (Wildman–Crippen LogP) is 2.27. The van der Waals surface area contributed by atoms with Crippen molar-refractivity contribution >= 4 is 23.5 Å². The highest BCUT2D eigenvalue weighted by Gasteiger charge is 2.40. The lowest BCUT2D eigenvalue weighted by Crippen LogP contribution is -2.65. The number of rotatable bonds is 3. The van der Waals surface area contributed by atoms with Crippen LogP contribution >= 0.6 is 11.6 Å². The molecule has 0 aliphatic carbocycles. The van der Waals surface area contributed by atoms with Crippen LogP contribution in [-0.2, 0) is 27.1 Å². The minimum atomic E-state index is -4.45. The van der Waals surface area contributed by atoms with Gasteiger partial charge in [-0.2, -0.15) is 13.2 Å². The van der Waals surface area contributed by atoms with Crippen molar-refractivity contribution in [2.24, 2.45) is 0 Å². The molecule has 1 aromatic carbocycles. The van der Waals surface area contributed by atoms with Gasteiger partial charge in [-0.15, -0.1) is 0 Å². The Hall–Kier alpha value is -2.04. The average molecular weight is 448 g/mol. The topological polar surface area (TPSA) is 71.1 Å². The van der Waals surface area contributed by atoms with Crippen LogP contribution in [0, 0.1) is 0 Å². The van der Waals surface area contributed by atoms with Gasteiger partial charge in [-0.3, -0.25) is 4.79 Å². The molecule has 3 heterocycles. The number of piperidine rings is 1. The number of ether oxygens (including phenoxy) is 2. The third-order valence-corrected chi connectivity index (χ3v) is 5.92. The molecular weight excluding hydrogens is 427 g/mol. The fraction of sp³-hybridized carbons (Fsp3) is 0.579. The molecule has 1 unspecified atom stereocenters. The Balaban J connectivity index is 1.23. The second kappa shape index (κ2) is 8.24.